The number of benzene rings is 1. The molecule has 2 heterocycles. The minimum absolute atomic E-state index is 0.0814. The van der Waals surface area contributed by atoms with Crippen molar-refractivity contribution in [2.45, 2.75) is 19.8 Å². The molecule has 22 heavy (non-hydrogen) atoms. The summed E-state index contributed by atoms with van der Waals surface area (Å²) < 4.78 is 0.871. The zero-order valence-electron chi connectivity index (χ0n) is 12.4. The maximum atomic E-state index is 12.6. The molecule has 2 amide bonds. The van der Waals surface area contributed by atoms with Crippen LogP contribution in [0.5, 0.6) is 0 Å². The number of hydrogen-bond donors (Lipinski definition) is 2. The van der Waals surface area contributed by atoms with Gasteiger partial charge in [-0.25, -0.2) is 4.98 Å². The van der Waals surface area contributed by atoms with E-state index in [-0.39, 0.29) is 11.8 Å². The van der Waals surface area contributed by atoms with Gasteiger partial charge in [-0.2, -0.15) is 0 Å². The molecule has 1 aromatic carbocycles. The number of amides is 2. The summed E-state index contributed by atoms with van der Waals surface area (Å²) in [7, 11) is 1.73. The summed E-state index contributed by atoms with van der Waals surface area (Å²) in [4.78, 5) is 33.3. The van der Waals surface area contributed by atoms with Crippen LogP contribution in [0.1, 0.15) is 19.8 Å². The van der Waals surface area contributed by atoms with Crippen molar-refractivity contribution in [2.24, 2.45) is 5.41 Å². The van der Waals surface area contributed by atoms with Gasteiger partial charge in [0.05, 0.1) is 10.9 Å². The predicted molar refractivity (Wildman–Crippen MR) is 87.4 cm³/mol. The molecule has 6 nitrogen and oxygen atoms in total. The van der Waals surface area contributed by atoms with Crippen molar-refractivity contribution in [3.8, 4) is 0 Å². The largest absolute Gasteiger partial charge is 0.345 e. The van der Waals surface area contributed by atoms with Crippen molar-refractivity contribution in [1.82, 2.24) is 14.9 Å². The van der Waals surface area contributed by atoms with Crippen molar-refractivity contribution in [1.29, 1.82) is 0 Å². The number of hydrogen-bond acceptors (Lipinski definition) is 3. The Kier molecular flexibility index (Phi) is 3.68. The first-order chi connectivity index (χ1) is 10.4. The molecule has 0 spiro atoms. The van der Waals surface area contributed by atoms with Gasteiger partial charge in [0.15, 0.2) is 0 Å². The Labute approximate surface area is 136 Å². The van der Waals surface area contributed by atoms with E-state index in [4.69, 9.17) is 0 Å². The number of fused-ring (bicyclic) bond motifs is 1. The summed E-state index contributed by atoms with van der Waals surface area (Å²) in [5.41, 5.74) is 1.03. The van der Waals surface area contributed by atoms with Crippen molar-refractivity contribution in [2.75, 3.05) is 18.9 Å². The van der Waals surface area contributed by atoms with Crippen molar-refractivity contribution in [3.63, 3.8) is 0 Å². The lowest BCUT2D eigenvalue weighted by Crippen LogP contribution is -2.49. The Morgan fingerprint density at radius 3 is 2.95 bits per heavy atom. The second-order valence-corrected chi connectivity index (χ2v) is 6.84. The van der Waals surface area contributed by atoms with Crippen LogP contribution >= 0.6 is 15.9 Å². The molecule has 1 fully saturated rings. The quantitative estimate of drug-likeness (QED) is 0.859. The van der Waals surface area contributed by atoms with Gasteiger partial charge in [-0.05, 0) is 41.4 Å². The van der Waals surface area contributed by atoms with E-state index in [1.807, 2.05) is 25.1 Å². The van der Waals surface area contributed by atoms with E-state index < -0.39 is 5.41 Å². The van der Waals surface area contributed by atoms with Crippen LogP contribution in [0.4, 0.5) is 5.95 Å². The van der Waals surface area contributed by atoms with E-state index in [2.05, 4.69) is 31.2 Å². The fourth-order valence-corrected chi connectivity index (χ4v) is 3.22. The van der Waals surface area contributed by atoms with E-state index in [9.17, 15) is 9.59 Å². The minimum Gasteiger partial charge on any atom is -0.345 e. The number of para-hydroxylation sites is 1. The number of carbonyl (C=O) groups is 2. The third-order valence-electron chi connectivity index (χ3n) is 4.15. The van der Waals surface area contributed by atoms with Crippen LogP contribution in [0.25, 0.3) is 11.0 Å². The van der Waals surface area contributed by atoms with Gasteiger partial charge in [0.2, 0.25) is 17.8 Å². The number of anilines is 1. The van der Waals surface area contributed by atoms with Crippen LogP contribution in [-0.2, 0) is 9.59 Å². The highest BCUT2D eigenvalue weighted by Gasteiger charge is 2.39. The average Bonchev–Trinajstić information content (AvgIpc) is 2.87. The van der Waals surface area contributed by atoms with Crippen molar-refractivity contribution in [3.05, 3.63) is 22.7 Å². The van der Waals surface area contributed by atoms with Crippen LogP contribution in [0.15, 0.2) is 22.7 Å². The van der Waals surface area contributed by atoms with Crippen LogP contribution in [-0.4, -0.2) is 40.3 Å². The second-order valence-electron chi connectivity index (χ2n) is 5.99. The Hall–Kier alpha value is -1.89. The first-order valence-electron chi connectivity index (χ1n) is 7.09. The summed E-state index contributed by atoms with van der Waals surface area (Å²) in [6.45, 7) is 2.30. The molecule has 0 radical (unpaired) electrons. The summed E-state index contributed by atoms with van der Waals surface area (Å²) in [6.07, 6.45) is 0.942. The molecule has 1 aromatic heterocycles. The molecule has 7 heteroatoms. The highest BCUT2D eigenvalue weighted by molar-refractivity contribution is 9.10. The van der Waals surface area contributed by atoms with E-state index in [1.165, 1.54) is 0 Å². The second kappa shape index (κ2) is 5.39. The average molecular weight is 365 g/mol. The molecule has 0 bridgehead atoms. The Morgan fingerprint density at radius 1 is 1.50 bits per heavy atom. The normalized spacial score (nSPS) is 22.1. The minimum atomic E-state index is -0.598. The number of piperidine rings is 1. The molecule has 1 unspecified atom stereocenters. The Balaban J connectivity index is 1.81. The molecule has 1 saturated heterocycles. The molecule has 116 valence electrons. The third-order valence-corrected chi connectivity index (χ3v) is 4.79. The number of imidazole rings is 1. The summed E-state index contributed by atoms with van der Waals surface area (Å²) in [5, 5.41) is 2.84. The molecule has 2 aromatic rings. The zero-order chi connectivity index (χ0) is 15.9. The summed E-state index contributed by atoms with van der Waals surface area (Å²) >= 11 is 3.44. The fourth-order valence-electron chi connectivity index (χ4n) is 2.76. The smallest absolute Gasteiger partial charge is 0.234 e. The van der Waals surface area contributed by atoms with E-state index >= 15 is 0 Å². The first-order valence-corrected chi connectivity index (χ1v) is 7.88. The topological polar surface area (TPSA) is 78.1 Å². The zero-order valence-corrected chi connectivity index (χ0v) is 14.0. The number of rotatable bonds is 2. The van der Waals surface area contributed by atoms with Crippen molar-refractivity contribution < 1.29 is 9.59 Å². The molecular weight excluding hydrogens is 348 g/mol. The lowest BCUT2D eigenvalue weighted by atomic mass is 9.81. The van der Waals surface area contributed by atoms with Crippen LogP contribution in [0, 0.1) is 5.41 Å². The number of nitrogens with one attached hydrogen (secondary N) is 2. The molecule has 1 aliphatic heterocycles. The predicted octanol–water partition coefficient (Wildman–Crippen LogP) is 2.52. The number of halogens is 1. The summed E-state index contributed by atoms with van der Waals surface area (Å²) in [5.74, 6) is 0.382. The fraction of sp³-hybridized carbons (Fsp3) is 0.400. The lowest BCUT2D eigenvalue weighted by Gasteiger charge is -2.36. The third kappa shape index (κ3) is 2.61. The van der Waals surface area contributed by atoms with Gasteiger partial charge >= 0.3 is 0 Å². The SMILES string of the molecule is CN1CC(C)(C(=O)Nc2nc3c(Br)cccc3[nH]2)CCC1=O. The van der Waals surface area contributed by atoms with Gasteiger partial charge in [0.25, 0.3) is 0 Å². The van der Waals surface area contributed by atoms with E-state index in [1.54, 1.807) is 11.9 Å². The van der Waals surface area contributed by atoms with Crippen LogP contribution < -0.4 is 5.32 Å². The molecule has 0 saturated carbocycles. The van der Waals surface area contributed by atoms with Crippen molar-refractivity contribution >= 4 is 44.7 Å². The molecule has 1 aliphatic rings. The Bertz CT molecular complexity index is 757. The number of likely N-dealkylation sites (tertiary alicyclic amines) is 1. The summed E-state index contributed by atoms with van der Waals surface area (Å²) in [6, 6.07) is 5.70. The van der Waals surface area contributed by atoms with Gasteiger partial charge in [0.1, 0.15) is 5.52 Å². The van der Waals surface area contributed by atoms with Gasteiger partial charge in [-0.15, -0.1) is 0 Å². The molecule has 3 rings (SSSR count). The lowest BCUT2D eigenvalue weighted by molar-refractivity contribution is -0.140. The first kappa shape index (κ1) is 15.0. The van der Waals surface area contributed by atoms with Gasteiger partial charge in [0, 0.05) is 24.5 Å². The molecule has 0 aliphatic carbocycles. The number of carbonyl (C=O) groups excluding carboxylic acids is 2. The molecule has 1 atom stereocenters. The standard InChI is InChI=1S/C15H17BrN4O2/c1-15(7-6-11(21)20(2)8-15)13(22)19-14-17-10-5-3-4-9(16)12(10)18-14/h3-5H,6-8H2,1-2H3,(H2,17,18,19,22). The number of aromatic amines is 1. The number of nitrogens with zero attached hydrogens (tertiary/aromatic N) is 2. The highest BCUT2D eigenvalue weighted by Crippen LogP contribution is 2.31. The Morgan fingerprint density at radius 2 is 2.27 bits per heavy atom. The van der Waals surface area contributed by atoms with E-state index in [0.29, 0.717) is 25.3 Å². The number of aromatic nitrogens is 2. The number of H-pyrrole nitrogens is 1. The van der Waals surface area contributed by atoms with Gasteiger partial charge in [-0.3, -0.25) is 14.9 Å². The van der Waals surface area contributed by atoms with Crippen LogP contribution in [0.2, 0.25) is 0 Å². The highest BCUT2D eigenvalue weighted by atomic mass is 79.9. The van der Waals surface area contributed by atoms with Gasteiger partial charge < -0.3 is 9.88 Å². The van der Waals surface area contributed by atoms with E-state index in [0.717, 1.165) is 15.5 Å². The molecular formula is C15H17BrN4O2. The maximum absolute atomic E-state index is 12.6. The van der Waals surface area contributed by atoms with Gasteiger partial charge in [-0.1, -0.05) is 6.07 Å². The monoisotopic (exact) mass is 364 g/mol. The van der Waals surface area contributed by atoms with Crippen LogP contribution in [0.3, 0.4) is 0 Å². The molecule has 2 N–H and O–H groups in total. The maximum Gasteiger partial charge on any atom is 0.234 e.